The first kappa shape index (κ1) is 27.1. The van der Waals surface area contributed by atoms with Crippen molar-refractivity contribution in [2.45, 2.75) is 96.8 Å². The van der Waals surface area contributed by atoms with Crippen LogP contribution in [0, 0.1) is 0 Å². The maximum Gasteiger partial charge on any atom is 0.410 e. The smallest absolute Gasteiger partial charge is 0.320 e. The number of aliphatic imine (C=N–C) groups is 1. The molecule has 0 rings (SSSR count). The Labute approximate surface area is 165 Å². The van der Waals surface area contributed by atoms with Gasteiger partial charge in [0.05, 0.1) is 0 Å². The highest BCUT2D eigenvalue weighted by atomic mass is 31.2. The summed E-state index contributed by atoms with van der Waals surface area (Å²) in [5.41, 5.74) is -0.627. The molecule has 0 aliphatic carbocycles. The van der Waals surface area contributed by atoms with Crippen molar-refractivity contribution >= 4 is 21.0 Å². The van der Waals surface area contributed by atoms with E-state index < -0.39 is 27.2 Å². The molecule has 0 aliphatic rings. The van der Waals surface area contributed by atoms with Gasteiger partial charge in [0, 0.05) is 6.54 Å². The Kier molecular flexibility index (Phi) is 16.1. The van der Waals surface area contributed by atoms with E-state index in [9.17, 15) is 4.57 Å². The fourth-order valence-electron chi connectivity index (χ4n) is 2.94. The molecule has 0 spiro atoms. The molecule has 0 saturated heterocycles. The zero-order valence-electron chi connectivity index (χ0n) is 16.8. The van der Waals surface area contributed by atoms with Crippen molar-refractivity contribution in [3.63, 3.8) is 0 Å². The highest BCUT2D eigenvalue weighted by Gasteiger charge is 2.39. The molecule has 0 radical (unpaired) electrons. The molecule has 0 bridgehead atoms. The summed E-state index contributed by atoms with van der Waals surface area (Å²) in [5.74, 6) is 0. The van der Waals surface area contributed by atoms with Gasteiger partial charge in [-0.05, 0) is 6.42 Å². The van der Waals surface area contributed by atoms with Crippen LogP contribution in [-0.2, 0) is 4.57 Å². The van der Waals surface area contributed by atoms with Gasteiger partial charge in [0.2, 0.25) is 0 Å². The van der Waals surface area contributed by atoms with E-state index in [0.717, 1.165) is 19.3 Å². The van der Waals surface area contributed by atoms with Gasteiger partial charge in [-0.15, -0.1) is 0 Å². The van der Waals surface area contributed by atoms with Crippen LogP contribution in [-0.4, -0.2) is 42.6 Å². The first-order chi connectivity index (χ1) is 12.7. The second kappa shape index (κ2) is 16.0. The predicted octanol–water partition coefficient (Wildman–Crippen LogP) is 4.78. The summed E-state index contributed by atoms with van der Waals surface area (Å²) in [6, 6.07) is 0. The molecule has 0 amide bonds. The van der Waals surface area contributed by atoms with Gasteiger partial charge in [-0.1, -0.05) is 90.4 Å². The fourth-order valence-corrected chi connectivity index (χ4v) is 5.01. The molecule has 9 heteroatoms. The lowest BCUT2D eigenvalue weighted by Gasteiger charge is -2.09. The minimum atomic E-state index is -4.66. The molecule has 162 valence electrons. The topological polar surface area (TPSA) is 131 Å². The quantitative estimate of drug-likeness (QED) is 0.121. The molecule has 0 atom stereocenters. The molecular formula is C18H40NO6P2+. The van der Waals surface area contributed by atoms with Crippen molar-refractivity contribution in [3.8, 4) is 0 Å². The van der Waals surface area contributed by atoms with Gasteiger partial charge in [-0.25, -0.2) is 0 Å². The van der Waals surface area contributed by atoms with E-state index >= 15 is 0 Å². The maximum absolute atomic E-state index is 11.2. The molecule has 0 aromatic carbocycles. The summed E-state index contributed by atoms with van der Waals surface area (Å²) < 4.78 is 11.2. The van der Waals surface area contributed by atoms with Crippen molar-refractivity contribution in [1.29, 1.82) is 0 Å². The summed E-state index contributed by atoms with van der Waals surface area (Å²) >= 11 is 0. The predicted molar refractivity (Wildman–Crippen MR) is 113 cm³/mol. The summed E-state index contributed by atoms with van der Waals surface area (Å²) in [7, 11) is -8.94. The minimum Gasteiger partial charge on any atom is -0.320 e. The van der Waals surface area contributed by atoms with Crippen molar-refractivity contribution in [2.24, 2.45) is 4.99 Å². The average Bonchev–Trinajstić information content (AvgIpc) is 2.55. The zero-order valence-corrected chi connectivity index (χ0v) is 18.6. The van der Waals surface area contributed by atoms with Crippen LogP contribution in [0.1, 0.15) is 96.8 Å². The molecule has 0 fully saturated rings. The monoisotopic (exact) mass is 428 g/mol. The van der Waals surface area contributed by atoms with E-state index in [0.29, 0.717) is 6.42 Å². The Balaban J connectivity index is 3.61. The Bertz CT molecular complexity index is 434. The van der Waals surface area contributed by atoms with Gasteiger partial charge in [0.15, 0.2) is 11.6 Å². The molecule has 0 aromatic heterocycles. The van der Waals surface area contributed by atoms with Crippen LogP contribution in [0.3, 0.4) is 0 Å². The van der Waals surface area contributed by atoms with Crippen LogP contribution in [0.4, 0.5) is 0 Å². The second-order valence-electron chi connectivity index (χ2n) is 7.29. The van der Waals surface area contributed by atoms with Crippen molar-refractivity contribution in [3.05, 3.63) is 0 Å². The summed E-state index contributed by atoms with van der Waals surface area (Å²) in [5, 5.41) is 0. The third kappa shape index (κ3) is 19.2. The lowest BCUT2D eigenvalue weighted by molar-refractivity contribution is 0.335. The normalized spacial score (nSPS) is 13.3. The Morgan fingerprint density at radius 3 is 1.44 bits per heavy atom. The van der Waals surface area contributed by atoms with Crippen molar-refractivity contribution < 1.29 is 29.0 Å². The molecule has 0 aromatic rings. The number of hydrogen-bond acceptors (Lipinski definition) is 5. The molecule has 0 heterocycles. The number of rotatable bonds is 18. The Morgan fingerprint density at radius 2 is 1.11 bits per heavy atom. The Morgan fingerprint density at radius 1 is 0.741 bits per heavy atom. The van der Waals surface area contributed by atoms with Gasteiger partial charge in [-0.2, -0.15) is 14.7 Å². The number of hydrogen-bond donors (Lipinski definition) is 5. The van der Waals surface area contributed by atoms with E-state index in [1.54, 1.807) is 0 Å². The highest BCUT2D eigenvalue weighted by molar-refractivity contribution is 7.74. The van der Waals surface area contributed by atoms with Crippen LogP contribution in [0.2, 0.25) is 0 Å². The zero-order chi connectivity index (χ0) is 20.6. The first-order valence-corrected chi connectivity index (χ1v) is 13.8. The molecule has 0 saturated carbocycles. The highest BCUT2D eigenvalue weighted by Crippen LogP contribution is 2.50. The van der Waals surface area contributed by atoms with Gasteiger partial charge >= 0.3 is 15.5 Å². The molecule has 0 unspecified atom stereocenters. The summed E-state index contributed by atoms with van der Waals surface area (Å²) in [6.45, 7) is 2.46. The standard InChI is InChI=1S/C18H39NO6P2/c1-2-3-4-5-6-7-8-9-10-11-12-13-14-15-16-19-18(27(23,24)25)17-26(20,21)22/h20-22H,2-17H2,1H3,(H-,23,24,25)/p+1. The van der Waals surface area contributed by atoms with E-state index in [4.69, 9.17) is 24.5 Å². The Hall–Kier alpha value is 0.130. The van der Waals surface area contributed by atoms with Gasteiger partial charge < -0.3 is 9.79 Å². The minimum absolute atomic E-state index is 0.221. The fraction of sp³-hybridized carbons (Fsp3) is 0.944. The van der Waals surface area contributed by atoms with Gasteiger partial charge in [0.1, 0.15) is 0 Å². The van der Waals surface area contributed by atoms with E-state index in [2.05, 4.69) is 11.9 Å². The van der Waals surface area contributed by atoms with Crippen LogP contribution in [0.25, 0.3) is 0 Å². The van der Waals surface area contributed by atoms with Gasteiger partial charge in [0.25, 0.3) is 0 Å². The molecule has 0 aliphatic heterocycles. The summed E-state index contributed by atoms with van der Waals surface area (Å²) in [6.07, 6.45) is 16.2. The maximum atomic E-state index is 11.2. The lowest BCUT2D eigenvalue weighted by atomic mass is 10.0. The molecular weight excluding hydrogens is 388 g/mol. The molecule has 27 heavy (non-hydrogen) atoms. The third-order valence-electron chi connectivity index (χ3n) is 4.50. The second-order valence-corrected chi connectivity index (χ2v) is 10.6. The van der Waals surface area contributed by atoms with Crippen molar-refractivity contribution in [1.82, 2.24) is 0 Å². The van der Waals surface area contributed by atoms with Crippen LogP contribution >= 0.6 is 15.5 Å². The van der Waals surface area contributed by atoms with E-state index in [1.165, 1.54) is 64.2 Å². The first-order valence-electron chi connectivity index (χ1n) is 10.3. The largest absolute Gasteiger partial charge is 0.410 e. The van der Waals surface area contributed by atoms with Crippen LogP contribution in [0.15, 0.2) is 4.99 Å². The summed E-state index contributed by atoms with van der Waals surface area (Å²) in [4.78, 5) is 48.9. The number of nitrogens with zero attached hydrogens (tertiary/aromatic N) is 1. The third-order valence-corrected chi connectivity index (χ3v) is 6.44. The average molecular weight is 428 g/mol. The number of unbranched alkanes of at least 4 members (excludes halogenated alkanes) is 13. The van der Waals surface area contributed by atoms with Crippen LogP contribution in [0.5, 0.6) is 0 Å². The van der Waals surface area contributed by atoms with Crippen molar-refractivity contribution in [2.75, 3.05) is 12.7 Å². The lowest BCUT2D eigenvalue weighted by Crippen LogP contribution is -2.10. The molecule has 5 N–H and O–H groups in total. The van der Waals surface area contributed by atoms with Crippen LogP contribution < -0.4 is 0 Å². The SMILES string of the molecule is CCCCCCCCCCCCCCCCN=C(C[P+](O)(O)O)P(=O)(O)O. The van der Waals surface area contributed by atoms with E-state index in [1.807, 2.05) is 0 Å². The van der Waals surface area contributed by atoms with Gasteiger partial charge in [-0.3, -0.25) is 9.56 Å². The van der Waals surface area contributed by atoms with E-state index in [-0.39, 0.29) is 6.54 Å². The molecule has 7 nitrogen and oxygen atoms in total.